The Bertz CT molecular complexity index is 497. The number of carbonyl (C=O) groups excluding carboxylic acids is 1. The Kier molecular flexibility index (Phi) is 8.22. The van der Waals surface area contributed by atoms with Crippen molar-refractivity contribution in [2.75, 3.05) is 32.8 Å². The zero-order valence-electron chi connectivity index (χ0n) is 15.0. The molecule has 5 heteroatoms. The molecule has 1 amide bonds. The van der Waals surface area contributed by atoms with Crippen molar-refractivity contribution in [3.05, 3.63) is 35.4 Å². The Morgan fingerprint density at radius 3 is 2.54 bits per heavy atom. The fourth-order valence-electron chi connectivity index (χ4n) is 2.97. The average Bonchev–Trinajstić information content (AvgIpc) is 2.64. The number of piperidine rings is 1. The van der Waals surface area contributed by atoms with Crippen molar-refractivity contribution < 1.29 is 9.53 Å². The summed E-state index contributed by atoms with van der Waals surface area (Å²) in [5.74, 6) is -0.0359. The zero-order chi connectivity index (χ0) is 17.2. The van der Waals surface area contributed by atoms with Crippen LogP contribution in [0.4, 0.5) is 0 Å². The van der Waals surface area contributed by atoms with Crippen molar-refractivity contribution in [2.45, 2.75) is 45.9 Å². The first kappa shape index (κ1) is 18.9. The second-order valence-electron chi connectivity index (χ2n) is 6.27. The summed E-state index contributed by atoms with van der Waals surface area (Å²) in [5.41, 5.74) is 2.46. The van der Waals surface area contributed by atoms with Gasteiger partial charge < -0.3 is 15.4 Å². The van der Waals surface area contributed by atoms with Crippen LogP contribution in [0.5, 0.6) is 0 Å². The van der Waals surface area contributed by atoms with Crippen molar-refractivity contribution in [2.24, 2.45) is 0 Å². The molecule has 1 heterocycles. The highest BCUT2D eigenvalue weighted by Crippen LogP contribution is 2.12. The van der Waals surface area contributed by atoms with Crippen LogP contribution < -0.4 is 10.6 Å². The summed E-state index contributed by atoms with van der Waals surface area (Å²) in [6, 6.07) is 8.32. The van der Waals surface area contributed by atoms with E-state index in [1.54, 1.807) is 0 Å². The summed E-state index contributed by atoms with van der Waals surface area (Å²) in [5, 5.41) is 6.29. The van der Waals surface area contributed by atoms with E-state index in [0.29, 0.717) is 6.54 Å². The van der Waals surface area contributed by atoms with Crippen LogP contribution in [0.3, 0.4) is 0 Å². The Labute approximate surface area is 145 Å². The van der Waals surface area contributed by atoms with Crippen LogP contribution in [0.25, 0.3) is 0 Å². The van der Waals surface area contributed by atoms with E-state index in [0.717, 1.165) is 45.6 Å². The molecular weight excluding hydrogens is 302 g/mol. The predicted molar refractivity (Wildman–Crippen MR) is 96.8 cm³/mol. The molecule has 2 rings (SSSR count). The Balaban J connectivity index is 1.79. The Morgan fingerprint density at radius 2 is 1.88 bits per heavy atom. The molecule has 0 bridgehead atoms. The summed E-state index contributed by atoms with van der Waals surface area (Å²) in [7, 11) is 0. The predicted octanol–water partition coefficient (Wildman–Crippen LogP) is 1.91. The molecule has 0 unspecified atom stereocenters. The first-order valence-electron chi connectivity index (χ1n) is 9.11. The fourth-order valence-corrected chi connectivity index (χ4v) is 2.97. The van der Waals surface area contributed by atoms with Crippen LogP contribution in [0, 0.1) is 0 Å². The van der Waals surface area contributed by atoms with Gasteiger partial charge in [-0.05, 0) is 50.1 Å². The van der Waals surface area contributed by atoms with Crippen LogP contribution >= 0.6 is 0 Å². The maximum atomic E-state index is 12.0. The quantitative estimate of drug-likeness (QED) is 0.725. The van der Waals surface area contributed by atoms with Crippen molar-refractivity contribution in [1.82, 2.24) is 15.5 Å². The summed E-state index contributed by atoms with van der Waals surface area (Å²) in [4.78, 5) is 14.4. The normalized spacial score (nSPS) is 15.6. The summed E-state index contributed by atoms with van der Waals surface area (Å²) >= 11 is 0. The smallest absolute Gasteiger partial charge is 0.246 e. The van der Waals surface area contributed by atoms with E-state index >= 15 is 0 Å². The third-order valence-electron chi connectivity index (χ3n) is 4.62. The number of benzene rings is 1. The van der Waals surface area contributed by atoms with E-state index in [4.69, 9.17) is 4.74 Å². The Morgan fingerprint density at radius 1 is 1.21 bits per heavy atom. The van der Waals surface area contributed by atoms with Crippen molar-refractivity contribution in [3.63, 3.8) is 0 Å². The topological polar surface area (TPSA) is 53.6 Å². The number of amides is 1. The number of ether oxygens (including phenoxy) is 1. The van der Waals surface area contributed by atoms with Gasteiger partial charge in [-0.15, -0.1) is 0 Å². The number of nitrogens with one attached hydrogen (secondary N) is 2. The molecule has 5 nitrogen and oxygen atoms in total. The van der Waals surface area contributed by atoms with Gasteiger partial charge in [-0.2, -0.15) is 0 Å². The number of hydrogen-bond acceptors (Lipinski definition) is 4. The van der Waals surface area contributed by atoms with Crippen molar-refractivity contribution in [1.29, 1.82) is 0 Å². The molecule has 0 aromatic heterocycles. The highest BCUT2D eigenvalue weighted by Gasteiger charge is 2.15. The molecular formula is C19H31N3O2. The standard InChI is InChI=1S/C19H31N3O2/c1-3-22(4-2)14-17-8-6-5-7-16(17)13-21-19(23)15-24-18-9-11-20-12-10-18/h5-8,18,20H,3-4,9-15H2,1-2H3,(H,21,23). The molecule has 0 aliphatic carbocycles. The van der Waals surface area contributed by atoms with E-state index in [1.807, 2.05) is 6.07 Å². The van der Waals surface area contributed by atoms with Gasteiger partial charge >= 0.3 is 0 Å². The largest absolute Gasteiger partial charge is 0.368 e. The van der Waals surface area contributed by atoms with Gasteiger partial charge in [-0.3, -0.25) is 9.69 Å². The van der Waals surface area contributed by atoms with Crippen LogP contribution in [0.2, 0.25) is 0 Å². The summed E-state index contributed by atoms with van der Waals surface area (Å²) in [6.07, 6.45) is 2.19. The van der Waals surface area contributed by atoms with Gasteiger partial charge in [-0.1, -0.05) is 38.1 Å². The molecule has 1 aliphatic rings. The van der Waals surface area contributed by atoms with Gasteiger partial charge in [0.25, 0.3) is 0 Å². The lowest BCUT2D eigenvalue weighted by atomic mass is 10.1. The molecule has 24 heavy (non-hydrogen) atoms. The third kappa shape index (κ3) is 6.23. The lowest BCUT2D eigenvalue weighted by Gasteiger charge is -2.23. The van der Waals surface area contributed by atoms with E-state index in [2.05, 4.69) is 47.6 Å². The van der Waals surface area contributed by atoms with Gasteiger partial charge in [-0.25, -0.2) is 0 Å². The molecule has 1 aromatic rings. The van der Waals surface area contributed by atoms with Crippen LogP contribution in [0.1, 0.15) is 37.8 Å². The number of nitrogens with zero attached hydrogens (tertiary/aromatic N) is 1. The first-order chi connectivity index (χ1) is 11.7. The summed E-state index contributed by atoms with van der Waals surface area (Å²) in [6.45, 7) is 10.00. The monoisotopic (exact) mass is 333 g/mol. The lowest BCUT2D eigenvalue weighted by Crippen LogP contribution is -2.35. The minimum Gasteiger partial charge on any atom is -0.368 e. The van der Waals surface area contributed by atoms with Gasteiger partial charge in [0.2, 0.25) is 5.91 Å². The zero-order valence-corrected chi connectivity index (χ0v) is 15.0. The lowest BCUT2D eigenvalue weighted by molar-refractivity contribution is -0.128. The van der Waals surface area contributed by atoms with E-state index in [1.165, 1.54) is 11.1 Å². The molecule has 0 atom stereocenters. The summed E-state index contributed by atoms with van der Waals surface area (Å²) < 4.78 is 5.70. The second kappa shape index (κ2) is 10.4. The van der Waals surface area contributed by atoms with Gasteiger partial charge in [0.15, 0.2) is 0 Å². The van der Waals surface area contributed by atoms with Crippen LogP contribution in [-0.4, -0.2) is 49.7 Å². The molecule has 1 aliphatic heterocycles. The van der Waals surface area contributed by atoms with Gasteiger partial charge in [0.1, 0.15) is 6.61 Å². The SMILES string of the molecule is CCN(CC)Cc1ccccc1CNC(=O)COC1CCNCC1. The fraction of sp³-hybridized carbons (Fsp3) is 0.632. The van der Waals surface area contributed by atoms with Gasteiger partial charge in [0.05, 0.1) is 6.10 Å². The number of rotatable bonds is 9. The molecule has 1 fully saturated rings. The Hall–Kier alpha value is -1.43. The second-order valence-corrected chi connectivity index (χ2v) is 6.27. The molecule has 134 valence electrons. The maximum absolute atomic E-state index is 12.0. The maximum Gasteiger partial charge on any atom is 0.246 e. The molecule has 0 radical (unpaired) electrons. The molecule has 1 saturated heterocycles. The molecule has 0 spiro atoms. The highest BCUT2D eigenvalue weighted by molar-refractivity contribution is 5.77. The minimum atomic E-state index is -0.0359. The molecule has 0 saturated carbocycles. The van der Waals surface area contributed by atoms with Crippen molar-refractivity contribution in [3.8, 4) is 0 Å². The highest BCUT2D eigenvalue weighted by atomic mass is 16.5. The average molecular weight is 333 g/mol. The third-order valence-corrected chi connectivity index (χ3v) is 4.62. The van der Waals surface area contributed by atoms with E-state index in [9.17, 15) is 4.79 Å². The molecule has 1 aromatic carbocycles. The first-order valence-corrected chi connectivity index (χ1v) is 9.11. The van der Waals surface area contributed by atoms with Gasteiger partial charge in [0, 0.05) is 13.1 Å². The number of carbonyl (C=O) groups is 1. The van der Waals surface area contributed by atoms with E-state index in [-0.39, 0.29) is 18.6 Å². The molecule has 2 N–H and O–H groups in total. The minimum absolute atomic E-state index is 0.0359. The van der Waals surface area contributed by atoms with Crippen LogP contribution in [0.15, 0.2) is 24.3 Å². The number of hydrogen-bond donors (Lipinski definition) is 2. The van der Waals surface area contributed by atoms with Crippen LogP contribution in [-0.2, 0) is 22.6 Å². The van der Waals surface area contributed by atoms with E-state index < -0.39 is 0 Å². The van der Waals surface area contributed by atoms with Crippen molar-refractivity contribution >= 4 is 5.91 Å².